The van der Waals surface area contributed by atoms with E-state index in [1.54, 1.807) is 24.3 Å². The molecule has 1 radical (unpaired) electrons. The average Bonchev–Trinajstić information content (AvgIpc) is 2.61. The third-order valence-corrected chi connectivity index (χ3v) is 1.95. The van der Waals surface area contributed by atoms with Gasteiger partial charge in [-0.2, -0.15) is 18.3 Å². The van der Waals surface area contributed by atoms with Crippen LogP contribution in [0.4, 0.5) is 18.9 Å². The van der Waals surface area contributed by atoms with Crippen molar-refractivity contribution >= 4 is 5.69 Å². The van der Waals surface area contributed by atoms with E-state index in [1.165, 1.54) is 0 Å². The van der Waals surface area contributed by atoms with E-state index in [4.69, 9.17) is 5.73 Å². The summed E-state index contributed by atoms with van der Waals surface area (Å²) < 4.78 is 38.3. The van der Waals surface area contributed by atoms with Crippen LogP contribution in [0.2, 0.25) is 0 Å². The molecule has 0 bridgehead atoms. The second-order valence-corrected chi connectivity index (χ2v) is 3.12. The molecule has 0 aliphatic carbocycles. The first-order valence-corrected chi connectivity index (χ1v) is 4.38. The van der Waals surface area contributed by atoms with Gasteiger partial charge in [-0.1, -0.05) is 18.2 Å². The van der Waals surface area contributed by atoms with Crippen LogP contribution in [0.1, 0.15) is 5.69 Å². The lowest BCUT2D eigenvalue weighted by molar-refractivity contribution is -0.140. The zero-order valence-electron chi connectivity index (χ0n) is 7.99. The van der Waals surface area contributed by atoms with E-state index in [-0.39, 0.29) is 0 Å². The molecule has 1 aromatic carbocycles. The van der Waals surface area contributed by atoms with Crippen molar-refractivity contribution in [2.24, 2.45) is 0 Å². The van der Waals surface area contributed by atoms with Crippen LogP contribution in [0.25, 0.3) is 5.69 Å². The molecule has 0 aliphatic heterocycles. The van der Waals surface area contributed by atoms with E-state index in [0.717, 1.165) is 10.9 Å². The van der Waals surface area contributed by atoms with Gasteiger partial charge in [-0.3, -0.25) is 0 Å². The molecule has 0 saturated carbocycles. The van der Waals surface area contributed by atoms with Crippen molar-refractivity contribution in [2.45, 2.75) is 6.18 Å². The molecule has 0 unspecified atom stereocenters. The summed E-state index contributed by atoms with van der Waals surface area (Å²) in [5.41, 5.74) is 4.18. The number of hydrogen-bond acceptors (Lipinski definition) is 2. The predicted octanol–water partition coefficient (Wildman–Crippen LogP) is 2.27. The van der Waals surface area contributed by atoms with Gasteiger partial charge in [0.1, 0.15) is 0 Å². The van der Waals surface area contributed by atoms with Crippen molar-refractivity contribution in [1.82, 2.24) is 9.78 Å². The predicted molar refractivity (Wildman–Crippen MR) is 51.8 cm³/mol. The van der Waals surface area contributed by atoms with Crippen molar-refractivity contribution in [3.05, 3.63) is 42.2 Å². The zero-order valence-corrected chi connectivity index (χ0v) is 7.99. The number of anilines is 1. The Morgan fingerprint density at radius 1 is 1.31 bits per heavy atom. The Labute approximate surface area is 89.3 Å². The summed E-state index contributed by atoms with van der Waals surface area (Å²) in [5.74, 6) is 0. The molecule has 6 heteroatoms. The normalized spacial score (nSPS) is 11.7. The van der Waals surface area contributed by atoms with Crippen molar-refractivity contribution in [2.75, 3.05) is 5.73 Å². The van der Waals surface area contributed by atoms with Crippen LogP contribution in [-0.2, 0) is 6.18 Å². The van der Waals surface area contributed by atoms with Gasteiger partial charge in [0, 0.05) is 6.07 Å². The Bertz CT molecular complexity index is 488. The van der Waals surface area contributed by atoms with Crippen LogP contribution in [-0.4, -0.2) is 9.78 Å². The van der Waals surface area contributed by atoms with Gasteiger partial charge >= 0.3 is 6.18 Å². The largest absolute Gasteiger partial charge is 0.437 e. The van der Waals surface area contributed by atoms with E-state index >= 15 is 0 Å². The lowest BCUT2D eigenvalue weighted by Crippen LogP contribution is -2.09. The van der Waals surface area contributed by atoms with Crippen molar-refractivity contribution in [3.8, 4) is 5.69 Å². The summed E-state index contributed by atoms with van der Waals surface area (Å²) >= 11 is 0. The number of nitrogens with two attached hydrogens (primary N) is 1. The number of alkyl halides is 3. The van der Waals surface area contributed by atoms with Crippen LogP contribution in [0, 0.1) is 6.07 Å². The molecule has 83 valence electrons. The van der Waals surface area contributed by atoms with Gasteiger partial charge in [-0.25, -0.2) is 4.68 Å². The van der Waals surface area contributed by atoms with Gasteiger partial charge in [0.2, 0.25) is 0 Å². The van der Waals surface area contributed by atoms with Crippen LogP contribution in [0.3, 0.4) is 0 Å². The van der Waals surface area contributed by atoms with Crippen LogP contribution < -0.4 is 5.73 Å². The molecule has 0 fully saturated rings. The maximum atomic E-state index is 12.4. The van der Waals surface area contributed by atoms with Gasteiger partial charge in [0.15, 0.2) is 5.69 Å². The molecule has 3 nitrogen and oxygen atoms in total. The Balaban J connectivity index is 2.47. The molecule has 2 aromatic rings. The molecule has 1 aromatic heterocycles. The minimum absolute atomic E-state index is 0.398. The van der Waals surface area contributed by atoms with Gasteiger partial charge in [0.05, 0.1) is 17.6 Å². The standard InChI is InChI=1S/C10H7F3N3/c11-10(12,13)9-8(14)6-16(15-9)7-4-2-1-3-5-7/h1-4,6H,14H2. The molecule has 2 rings (SSSR count). The first-order chi connectivity index (χ1) is 7.48. The van der Waals surface area contributed by atoms with Crippen molar-refractivity contribution < 1.29 is 13.2 Å². The third kappa shape index (κ3) is 1.86. The van der Waals surface area contributed by atoms with Gasteiger partial charge < -0.3 is 5.73 Å². The topological polar surface area (TPSA) is 43.8 Å². The SMILES string of the molecule is Nc1cn(-c2[c]cccc2)nc1C(F)(F)F. The average molecular weight is 226 g/mol. The van der Waals surface area contributed by atoms with Crippen LogP contribution in [0.5, 0.6) is 0 Å². The third-order valence-electron chi connectivity index (χ3n) is 1.95. The first kappa shape index (κ1) is 10.5. The lowest BCUT2D eigenvalue weighted by atomic mass is 10.3. The quantitative estimate of drug-likeness (QED) is 0.810. The highest BCUT2D eigenvalue weighted by Crippen LogP contribution is 2.32. The van der Waals surface area contributed by atoms with Crippen LogP contribution in [0.15, 0.2) is 30.5 Å². The molecule has 0 spiro atoms. The van der Waals surface area contributed by atoms with E-state index in [1.807, 2.05) is 0 Å². The smallest absolute Gasteiger partial charge is 0.396 e. The molecule has 0 aliphatic rings. The first-order valence-electron chi connectivity index (χ1n) is 4.38. The number of nitrogens with zero attached hydrogens (tertiary/aromatic N) is 2. The maximum absolute atomic E-state index is 12.4. The van der Waals surface area contributed by atoms with E-state index in [0.29, 0.717) is 5.69 Å². The Morgan fingerprint density at radius 3 is 2.56 bits per heavy atom. The van der Waals surface area contributed by atoms with E-state index in [2.05, 4.69) is 11.2 Å². The highest BCUT2D eigenvalue weighted by Gasteiger charge is 2.36. The molecular weight excluding hydrogens is 219 g/mol. The number of halogens is 3. The molecule has 0 saturated heterocycles. The lowest BCUT2D eigenvalue weighted by Gasteiger charge is -2.02. The highest BCUT2D eigenvalue weighted by molar-refractivity contribution is 5.45. The van der Waals surface area contributed by atoms with E-state index in [9.17, 15) is 13.2 Å². The Hall–Kier alpha value is -1.98. The molecule has 16 heavy (non-hydrogen) atoms. The number of hydrogen-bond donors (Lipinski definition) is 1. The summed E-state index contributed by atoms with van der Waals surface area (Å²) in [7, 11) is 0. The van der Waals surface area contributed by atoms with Crippen LogP contribution >= 0.6 is 0 Å². The minimum Gasteiger partial charge on any atom is -0.396 e. The van der Waals surface area contributed by atoms with Gasteiger partial charge in [0.25, 0.3) is 0 Å². The fourth-order valence-corrected chi connectivity index (χ4v) is 1.26. The summed E-state index contributed by atoms with van der Waals surface area (Å²) in [5, 5.41) is 3.39. The van der Waals surface area contributed by atoms with E-state index < -0.39 is 17.6 Å². The number of rotatable bonds is 1. The summed E-state index contributed by atoms with van der Waals surface area (Å²) in [6.07, 6.45) is -3.42. The summed E-state index contributed by atoms with van der Waals surface area (Å²) in [6.45, 7) is 0. The molecule has 0 amide bonds. The zero-order chi connectivity index (χ0) is 11.8. The summed E-state index contributed by atoms with van der Waals surface area (Å²) in [6, 6.07) is 9.31. The number of aromatic nitrogens is 2. The molecule has 1 heterocycles. The highest BCUT2D eigenvalue weighted by atomic mass is 19.4. The maximum Gasteiger partial charge on any atom is 0.437 e. The number of nitrogen functional groups attached to an aromatic ring is 1. The minimum atomic E-state index is -4.54. The molecule has 0 atom stereocenters. The Morgan fingerprint density at radius 2 is 2.06 bits per heavy atom. The van der Waals surface area contributed by atoms with Crippen molar-refractivity contribution in [3.63, 3.8) is 0 Å². The molecule has 2 N–H and O–H groups in total. The van der Waals surface area contributed by atoms with Gasteiger partial charge in [-0.15, -0.1) is 0 Å². The second-order valence-electron chi connectivity index (χ2n) is 3.12. The second kappa shape index (κ2) is 3.55. The van der Waals surface area contributed by atoms with Gasteiger partial charge in [-0.05, 0) is 6.07 Å². The van der Waals surface area contributed by atoms with Crippen molar-refractivity contribution in [1.29, 1.82) is 0 Å². The summed E-state index contributed by atoms with van der Waals surface area (Å²) in [4.78, 5) is 0. The monoisotopic (exact) mass is 226 g/mol. The molecular formula is C10H7F3N3. The Kier molecular flexibility index (Phi) is 2.34. The number of para-hydroxylation sites is 1. The fourth-order valence-electron chi connectivity index (χ4n) is 1.26. The fraction of sp³-hybridized carbons (Fsp3) is 0.100. The number of benzene rings is 1.